The molecule has 31 heavy (non-hydrogen) atoms. The van der Waals surface area contributed by atoms with Crippen molar-refractivity contribution in [1.29, 1.82) is 0 Å². The van der Waals surface area contributed by atoms with Crippen LogP contribution in [0.5, 0.6) is 0 Å². The van der Waals surface area contributed by atoms with Crippen molar-refractivity contribution in [3.63, 3.8) is 0 Å². The first kappa shape index (κ1) is 22.8. The standard InChI is InChI=1S/C24H25ClN2O3S/c1-18-8-13-23(19(2)16-18)27(31(29,30)22-6-4-3-5-7-22)17-24(28)26-15-14-20-9-11-21(25)12-10-20/h3-13,16H,14-15,17H2,1-2H3,(H,26,28). The molecule has 0 saturated carbocycles. The number of carbonyl (C=O) groups excluding carboxylic acids is 1. The van der Waals surface area contributed by atoms with Crippen molar-refractivity contribution in [2.45, 2.75) is 25.2 Å². The number of halogens is 1. The lowest BCUT2D eigenvalue weighted by molar-refractivity contribution is -0.119. The molecule has 0 aliphatic carbocycles. The SMILES string of the molecule is Cc1ccc(N(CC(=O)NCCc2ccc(Cl)cc2)S(=O)(=O)c2ccccc2)c(C)c1. The summed E-state index contributed by atoms with van der Waals surface area (Å²) < 4.78 is 27.9. The van der Waals surface area contributed by atoms with Crippen LogP contribution in [0.15, 0.2) is 77.7 Å². The summed E-state index contributed by atoms with van der Waals surface area (Å²) in [4.78, 5) is 12.8. The van der Waals surface area contributed by atoms with Gasteiger partial charge >= 0.3 is 0 Å². The van der Waals surface area contributed by atoms with Gasteiger partial charge in [-0.15, -0.1) is 0 Å². The van der Waals surface area contributed by atoms with E-state index >= 15 is 0 Å². The first-order valence-corrected chi connectivity index (χ1v) is 11.8. The van der Waals surface area contributed by atoms with Gasteiger partial charge in [0.2, 0.25) is 5.91 Å². The minimum Gasteiger partial charge on any atom is -0.354 e. The van der Waals surface area contributed by atoms with E-state index in [0.29, 0.717) is 23.7 Å². The van der Waals surface area contributed by atoms with Crippen LogP contribution in [-0.4, -0.2) is 27.4 Å². The van der Waals surface area contributed by atoms with E-state index in [1.165, 1.54) is 16.4 Å². The van der Waals surface area contributed by atoms with E-state index in [1.54, 1.807) is 36.4 Å². The predicted octanol–water partition coefficient (Wildman–Crippen LogP) is 4.51. The number of anilines is 1. The van der Waals surface area contributed by atoms with E-state index in [4.69, 9.17) is 11.6 Å². The molecule has 0 aliphatic rings. The number of aryl methyl sites for hydroxylation is 2. The fourth-order valence-electron chi connectivity index (χ4n) is 3.29. The van der Waals surface area contributed by atoms with Crippen molar-refractivity contribution in [3.05, 3.63) is 94.5 Å². The molecular weight excluding hydrogens is 432 g/mol. The summed E-state index contributed by atoms with van der Waals surface area (Å²) >= 11 is 5.90. The lowest BCUT2D eigenvalue weighted by Gasteiger charge is -2.26. The van der Waals surface area contributed by atoms with Gasteiger partial charge < -0.3 is 5.32 Å². The van der Waals surface area contributed by atoms with Gasteiger partial charge in [0, 0.05) is 11.6 Å². The van der Waals surface area contributed by atoms with Gasteiger partial charge in [-0.25, -0.2) is 8.42 Å². The second-order valence-electron chi connectivity index (χ2n) is 7.34. The molecule has 3 rings (SSSR count). The Morgan fingerprint density at radius 2 is 1.65 bits per heavy atom. The Morgan fingerprint density at radius 3 is 2.29 bits per heavy atom. The molecule has 7 heteroatoms. The number of benzene rings is 3. The average molecular weight is 457 g/mol. The van der Waals surface area contributed by atoms with Gasteiger partial charge in [0.25, 0.3) is 10.0 Å². The summed E-state index contributed by atoms with van der Waals surface area (Å²) in [6.45, 7) is 3.87. The van der Waals surface area contributed by atoms with Crippen LogP contribution in [0, 0.1) is 13.8 Å². The molecule has 3 aromatic rings. The Bertz CT molecular complexity index is 1150. The Labute approximate surface area is 188 Å². The van der Waals surface area contributed by atoms with Crippen LogP contribution in [-0.2, 0) is 21.2 Å². The van der Waals surface area contributed by atoms with Crippen LogP contribution in [0.3, 0.4) is 0 Å². The van der Waals surface area contributed by atoms with E-state index in [1.807, 2.05) is 38.1 Å². The molecule has 0 fully saturated rings. The van der Waals surface area contributed by atoms with E-state index in [0.717, 1.165) is 16.7 Å². The number of hydrogen-bond donors (Lipinski definition) is 1. The molecule has 0 unspecified atom stereocenters. The molecule has 1 amide bonds. The molecule has 0 bridgehead atoms. The molecule has 1 N–H and O–H groups in total. The Kier molecular flexibility index (Phi) is 7.36. The van der Waals surface area contributed by atoms with Crippen molar-refractivity contribution in [2.75, 3.05) is 17.4 Å². The molecule has 0 aromatic heterocycles. The van der Waals surface area contributed by atoms with Gasteiger partial charge in [0.1, 0.15) is 6.54 Å². The topological polar surface area (TPSA) is 66.5 Å². The van der Waals surface area contributed by atoms with Crippen molar-refractivity contribution in [3.8, 4) is 0 Å². The van der Waals surface area contributed by atoms with E-state index in [2.05, 4.69) is 5.32 Å². The zero-order chi connectivity index (χ0) is 22.4. The fourth-order valence-corrected chi connectivity index (χ4v) is 4.92. The molecule has 0 heterocycles. The first-order valence-electron chi connectivity index (χ1n) is 9.93. The number of rotatable bonds is 8. The maximum atomic E-state index is 13.4. The van der Waals surface area contributed by atoms with Crippen LogP contribution >= 0.6 is 11.6 Å². The Balaban J connectivity index is 1.79. The third-order valence-corrected chi connectivity index (χ3v) is 6.91. The number of nitrogens with one attached hydrogen (secondary N) is 1. The predicted molar refractivity (Wildman–Crippen MR) is 125 cm³/mol. The minimum absolute atomic E-state index is 0.143. The first-order chi connectivity index (χ1) is 14.8. The van der Waals surface area contributed by atoms with Crippen LogP contribution in [0.25, 0.3) is 0 Å². The molecule has 162 valence electrons. The van der Waals surface area contributed by atoms with Crippen molar-refractivity contribution in [1.82, 2.24) is 5.32 Å². The molecule has 0 spiro atoms. The molecule has 5 nitrogen and oxygen atoms in total. The van der Waals surface area contributed by atoms with E-state index < -0.39 is 10.0 Å². The number of amides is 1. The van der Waals surface area contributed by atoms with Crippen molar-refractivity contribution < 1.29 is 13.2 Å². The molecule has 0 aliphatic heterocycles. The van der Waals surface area contributed by atoms with E-state index in [-0.39, 0.29) is 17.3 Å². The van der Waals surface area contributed by atoms with Crippen LogP contribution in [0.1, 0.15) is 16.7 Å². The zero-order valence-electron chi connectivity index (χ0n) is 17.5. The molecule has 0 atom stereocenters. The number of nitrogens with zero attached hydrogens (tertiary/aromatic N) is 1. The summed E-state index contributed by atoms with van der Waals surface area (Å²) in [5, 5.41) is 3.48. The lowest BCUT2D eigenvalue weighted by Crippen LogP contribution is -2.41. The van der Waals surface area contributed by atoms with Crippen LogP contribution < -0.4 is 9.62 Å². The van der Waals surface area contributed by atoms with Gasteiger partial charge in [-0.05, 0) is 61.7 Å². The highest BCUT2D eigenvalue weighted by atomic mass is 35.5. The third-order valence-electron chi connectivity index (χ3n) is 4.89. The normalized spacial score (nSPS) is 11.2. The average Bonchev–Trinajstić information content (AvgIpc) is 2.74. The highest BCUT2D eigenvalue weighted by Crippen LogP contribution is 2.27. The maximum absolute atomic E-state index is 13.4. The summed E-state index contributed by atoms with van der Waals surface area (Å²) in [6.07, 6.45) is 0.623. The Morgan fingerprint density at radius 1 is 0.968 bits per heavy atom. The lowest BCUT2D eigenvalue weighted by atomic mass is 10.1. The minimum atomic E-state index is -3.91. The molecule has 0 saturated heterocycles. The fraction of sp³-hybridized carbons (Fsp3) is 0.208. The highest BCUT2D eigenvalue weighted by molar-refractivity contribution is 7.92. The van der Waals surface area contributed by atoms with Gasteiger partial charge in [-0.2, -0.15) is 0 Å². The van der Waals surface area contributed by atoms with Crippen molar-refractivity contribution in [2.24, 2.45) is 0 Å². The van der Waals surface area contributed by atoms with Gasteiger partial charge in [-0.3, -0.25) is 9.10 Å². The summed E-state index contributed by atoms with van der Waals surface area (Å²) in [6, 6.07) is 21.0. The smallest absolute Gasteiger partial charge is 0.264 e. The third kappa shape index (κ3) is 5.87. The van der Waals surface area contributed by atoms with Gasteiger partial charge in [0.05, 0.1) is 10.6 Å². The second-order valence-corrected chi connectivity index (χ2v) is 9.64. The Hall–Kier alpha value is -2.83. The molecule has 0 radical (unpaired) electrons. The molecule has 3 aromatic carbocycles. The summed E-state index contributed by atoms with van der Waals surface area (Å²) in [5.41, 5.74) is 3.33. The van der Waals surface area contributed by atoms with Gasteiger partial charge in [-0.1, -0.05) is 59.6 Å². The second kappa shape index (κ2) is 9.98. The van der Waals surface area contributed by atoms with Crippen LogP contribution in [0.2, 0.25) is 5.02 Å². The molecular formula is C24H25ClN2O3S. The quantitative estimate of drug-likeness (QED) is 0.542. The summed E-state index contributed by atoms with van der Waals surface area (Å²) in [7, 11) is -3.91. The maximum Gasteiger partial charge on any atom is 0.264 e. The van der Waals surface area contributed by atoms with E-state index in [9.17, 15) is 13.2 Å². The highest BCUT2D eigenvalue weighted by Gasteiger charge is 2.28. The number of carbonyl (C=O) groups is 1. The van der Waals surface area contributed by atoms with Crippen LogP contribution in [0.4, 0.5) is 5.69 Å². The van der Waals surface area contributed by atoms with Gasteiger partial charge in [0.15, 0.2) is 0 Å². The largest absolute Gasteiger partial charge is 0.354 e. The monoisotopic (exact) mass is 456 g/mol. The number of hydrogen-bond acceptors (Lipinski definition) is 3. The van der Waals surface area contributed by atoms with Crippen molar-refractivity contribution >= 4 is 33.2 Å². The number of sulfonamides is 1. The summed E-state index contributed by atoms with van der Waals surface area (Å²) in [5.74, 6) is -0.367. The zero-order valence-corrected chi connectivity index (χ0v) is 19.1.